The zero-order chi connectivity index (χ0) is 11.8. The summed E-state index contributed by atoms with van der Waals surface area (Å²) in [5.74, 6) is 0.569. The van der Waals surface area contributed by atoms with Gasteiger partial charge in [-0.15, -0.1) is 5.10 Å². The van der Waals surface area contributed by atoms with Gasteiger partial charge in [-0.3, -0.25) is 0 Å². The number of nitrogen functional groups attached to an aromatic ring is 1. The van der Waals surface area contributed by atoms with Gasteiger partial charge in [0, 0.05) is 8.96 Å². The Bertz CT molecular complexity index is 688. The largest absolute Gasteiger partial charge is 0.382 e. The van der Waals surface area contributed by atoms with Gasteiger partial charge in [0.15, 0.2) is 5.82 Å². The Balaban J connectivity index is 2.31. The van der Waals surface area contributed by atoms with Crippen molar-refractivity contribution in [3.8, 4) is 5.69 Å². The third-order valence-corrected chi connectivity index (χ3v) is 3.34. The predicted molar refractivity (Wildman–Crippen MR) is 78.2 cm³/mol. The number of aromatic nitrogens is 2. The van der Waals surface area contributed by atoms with Crippen LogP contribution in [-0.2, 0) is 0 Å². The molecule has 0 aliphatic heterocycles. The Hall–Kier alpha value is -1.56. The van der Waals surface area contributed by atoms with E-state index in [2.05, 4.69) is 39.8 Å². The van der Waals surface area contributed by atoms with Crippen LogP contribution < -0.4 is 5.73 Å². The van der Waals surface area contributed by atoms with Crippen molar-refractivity contribution >= 4 is 39.3 Å². The van der Waals surface area contributed by atoms with Gasteiger partial charge in [0.1, 0.15) is 0 Å². The first kappa shape index (κ1) is 10.6. The fourth-order valence-corrected chi connectivity index (χ4v) is 2.42. The van der Waals surface area contributed by atoms with E-state index in [1.165, 1.54) is 3.57 Å². The van der Waals surface area contributed by atoms with E-state index in [1.807, 2.05) is 41.1 Å². The molecule has 0 unspecified atom stereocenters. The van der Waals surface area contributed by atoms with Gasteiger partial charge in [0.05, 0.1) is 11.2 Å². The van der Waals surface area contributed by atoms with Crippen LogP contribution in [0.2, 0.25) is 0 Å². The van der Waals surface area contributed by atoms with E-state index in [0.717, 1.165) is 16.6 Å². The van der Waals surface area contributed by atoms with Gasteiger partial charge >= 0.3 is 0 Å². The summed E-state index contributed by atoms with van der Waals surface area (Å²) in [7, 11) is 0. The molecule has 0 saturated heterocycles. The summed E-state index contributed by atoms with van der Waals surface area (Å²) < 4.78 is 3.06. The highest BCUT2D eigenvalue weighted by atomic mass is 127. The standard InChI is InChI=1S/C13H10IN3/c14-9-4-3-5-10(8-9)17-12-7-2-1-6-11(12)13(15)16-17/h1-8H,(H2,15,16). The monoisotopic (exact) mass is 335 g/mol. The molecule has 1 aromatic heterocycles. The lowest BCUT2D eigenvalue weighted by molar-refractivity contribution is 0.916. The molecule has 3 nitrogen and oxygen atoms in total. The molecule has 0 aliphatic rings. The van der Waals surface area contributed by atoms with E-state index in [-0.39, 0.29) is 0 Å². The van der Waals surface area contributed by atoms with Crippen LogP contribution in [0.5, 0.6) is 0 Å². The molecule has 2 N–H and O–H groups in total. The minimum Gasteiger partial charge on any atom is -0.382 e. The van der Waals surface area contributed by atoms with Crippen molar-refractivity contribution in [2.75, 3.05) is 5.73 Å². The maximum Gasteiger partial charge on any atom is 0.153 e. The molecule has 0 spiro atoms. The highest BCUT2D eigenvalue weighted by molar-refractivity contribution is 14.1. The Morgan fingerprint density at radius 2 is 1.88 bits per heavy atom. The minimum atomic E-state index is 0.569. The molecule has 0 aliphatic carbocycles. The van der Waals surface area contributed by atoms with E-state index >= 15 is 0 Å². The summed E-state index contributed by atoms with van der Waals surface area (Å²) in [6, 6.07) is 16.2. The van der Waals surface area contributed by atoms with E-state index in [0.29, 0.717) is 5.82 Å². The highest BCUT2D eigenvalue weighted by Crippen LogP contribution is 2.23. The first-order chi connectivity index (χ1) is 8.25. The van der Waals surface area contributed by atoms with Crippen molar-refractivity contribution in [3.05, 3.63) is 52.1 Å². The van der Waals surface area contributed by atoms with Crippen LogP contribution in [0.15, 0.2) is 48.5 Å². The zero-order valence-corrected chi connectivity index (χ0v) is 11.1. The number of nitrogens with zero attached hydrogens (tertiary/aromatic N) is 2. The van der Waals surface area contributed by atoms with Gasteiger partial charge in [0.25, 0.3) is 0 Å². The van der Waals surface area contributed by atoms with Crippen LogP contribution in [-0.4, -0.2) is 9.78 Å². The quantitative estimate of drug-likeness (QED) is 0.694. The minimum absolute atomic E-state index is 0.569. The number of fused-ring (bicyclic) bond motifs is 1. The Morgan fingerprint density at radius 3 is 2.71 bits per heavy atom. The maximum atomic E-state index is 5.92. The van der Waals surface area contributed by atoms with Gasteiger partial charge < -0.3 is 5.73 Å². The first-order valence-electron chi connectivity index (χ1n) is 5.25. The highest BCUT2D eigenvalue weighted by Gasteiger charge is 2.08. The fourth-order valence-electron chi connectivity index (χ4n) is 1.90. The molecule has 1 heterocycles. The number of benzene rings is 2. The molecule has 84 valence electrons. The third kappa shape index (κ3) is 1.78. The van der Waals surface area contributed by atoms with Crippen molar-refractivity contribution in [2.45, 2.75) is 0 Å². The van der Waals surface area contributed by atoms with Crippen LogP contribution in [0.3, 0.4) is 0 Å². The summed E-state index contributed by atoms with van der Waals surface area (Å²) in [5, 5.41) is 5.38. The Kier molecular flexibility index (Phi) is 2.51. The number of hydrogen-bond donors (Lipinski definition) is 1. The molecule has 0 saturated carbocycles. The average molecular weight is 335 g/mol. The van der Waals surface area contributed by atoms with E-state index < -0.39 is 0 Å². The van der Waals surface area contributed by atoms with E-state index in [9.17, 15) is 0 Å². The van der Waals surface area contributed by atoms with E-state index in [1.54, 1.807) is 0 Å². The molecule has 3 aromatic rings. The summed E-state index contributed by atoms with van der Waals surface area (Å²) in [4.78, 5) is 0. The first-order valence-corrected chi connectivity index (χ1v) is 6.33. The van der Waals surface area contributed by atoms with Crippen LogP contribution in [0, 0.1) is 3.57 Å². The molecule has 17 heavy (non-hydrogen) atoms. The molecular weight excluding hydrogens is 325 g/mol. The molecule has 0 atom stereocenters. The summed E-state index contributed by atoms with van der Waals surface area (Å²) in [6.45, 7) is 0. The topological polar surface area (TPSA) is 43.8 Å². The Labute approximate surface area is 112 Å². The number of hydrogen-bond acceptors (Lipinski definition) is 2. The van der Waals surface area contributed by atoms with Crippen molar-refractivity contribution in [2.24, 2.45) is 0 Å². The molecule has 0 fully saturated rings. The smallest absolute Gasteiger partial charge is 0.153 e. The number of halogens is 1. The van der Waals surface area contributed by atoms with Crippen molar-refractivity contribution in [3.63, 3.8) is 0 Å². The van der Waals surface area contributed by atoms with Gasteiger partial charge in [-0.1, -0.05) is 18.2 Å². The second-order valence-electron chi connectivity index (χ2n) is 3.79. The lowest BCUT2D eigenvalue weighted by atomic mass is 10.2. The zero-order valence-electron chi connectivity index (χ0n) is 8.97. The molecule has 4 heteroatoms. The molecule has 0 bridgehead atoms. The second kappa shape index (κ2) is 4.03. The summed E-state index contributed by atoms with van der Waals surface area (Å²) in [6.07, 6.45) is 0. The van der Waals surface area contributed by atoms with E-state index in [4.69, 9.17) is 5.73 Å². The summed E-state index contributed by atoms with van der Waals surface area (Å²) >= 11 is 2.29. The third-order valence-electron chi connectivity index (χ3n) is 2.67. The molecule has 0 radical (unpaired) electrons. The Morgan fingerprint density at radius 1 is 1.06 bits per heavy atom. The SMILES string of the molecule is Nc1nn(-c2cccc(I)c2)c2ccccc12. The molecule has 3 rings (SSSR count). The van der Waals surface area contributed by atoms with Gasteiger partial charge in [-0.05, 0) is 52.9 Å². The lowest BCUT2D eigenvalue weighted by Crippen LogP contribution is -1.97. The molecule has 2 aromatic carbocycles. The maximum absolute atomic E-state index is 5.92. The lowest BCUT2D eigenvalue weighted by Gasteiger charge is -2.03. The van der Waals surface area contributed by atoms with Gasteiger partial charge in [-0.2, -0.15) is 0 Å². The predicted octanol–water partition coefficient (Wildman–Crippen LogP) is 3.21. The number of anilines is 1. The number of nitrogens with two attached hydrogens (primary N) is 1. The average Bonchev–Trinajstić information content (AvgIpc) is 2.68. The molecule has 0 amide bonds. The van der Waals surface area contributed by atoms with Crippen molar-refractivity contribution < 1.29 is 0 Å². The number of rotatable bonds is 1. The van der Waals surface area contributed by atoms with Gasteiger partial charge in [0.2, 0.25) is 0 Å². The van der Waals surface area contributed by atoms with Crippen molar-refractivity contribution in [1.29, 1.82) is 0 Å². The van der Waals surface area contributed by atoms with Crippen LogP contribution in [0.4, 0.5) is 5.82 Å². The van der Waals surface area contributed by atoms with Crippen LogP contribution >= 0.6 is 22.6 Å². The fraction of sp³-hybridized carbons (Fsp3) is 0. The van der Waals surface area contributed by atoms with Crippen molar-refractivity contribution in [1.82, 2.24) is 9.78 Å². The van der Waals surface area contributed by atoms with Crippen LogP contribution in [0.1, 0.15) is 0 Å². The number of para-hydroxylation sites is 1. The second-order valence-corrected chi connectivity index (χ2v) is 5.04. The molecular formula is C13H10IN3. The summed E-state index contributed by atoms with van der Waals surface area (Å²) in [5.41, 5.74) is 7.99. The van der Waals surface area contributed by atoms with Gasteiger partial charge in [-0.25, -0.2) is 4.68 Å². The van der Waals surface area contributed by atoms with Crippen LogP contribution in [0.25, 0.3) is 16.6 Å². The normalized spacial score (nSPS) is 10.9.